The molecule has 0 saturated heterocycles. The first kappa shape index (κ1) is 19.7. The highest BCUT2D eigenvalue weighted by atomic mass is 16.5. The molecule has 0 aliphatic rings. The second-order valence-corrected chi connectivity index (χ2v) is 6.13. The van der Waals surface area contributed by atoms with E-state index in [2.05, 4.69) is 0 Å². The highest BCUT2D eigenvalue weighted by molar-refractivity contribution is 5.77. The monoisotopic (exact) mass is 356 g/mol. The fourth-order valence-corrected chi connectivity index (χ4v) is 3.01. The van der Waals surface area contributed by atoms with Gasteiger partial charge in [0.1, 0.15) is 0 Å². The molecule has 0 bridgehead atoms. The van der Waals surface area contributed by atoms with E-state index in [1.165, 1.54) is 14.2 Å². The highest BCUT2D eigenvalue weighted by Crippen LogP contribution is 2.24. The Kier molecular flexibility index (Phi) is 7.36. The van der Waals surface area contributed by atoms with Gasteiger partial charge in [-0.25, -0.2) is 0 Å². The quantitative estimate of drug-likeness (QED) is 0.736. The highest BCUT2D eigenvalue weighted by Gasteiger charge is 2.38. The van der Waals surface area contributed by atoms with E-state index in [0.717, 1.165) is 11.1 Å². The van der Waals surface area contributed by atoms with Crippen molar-refractivity contribution < 1.29 is 24.2 Å². The Labute approximate surface area is 153 Å². The molecular weight excluding hydrogens is 332 g/mol. The minimum Gasteiger partial charge on any atom is -0.469 e. The van der Waals surface area contributed by atoms with Crippen molar-refractivity contribution in [2.24, 2.45) is 11.8 Å². The van der Waals surface area contributed by atoms with Crippen molar-refractivity contribution in [3.05, 3.63) is 71.8 Å². The van der Waals surface area contributed by atoms with Crippen molar-refractivity contribution in [1.29, 1.82) is 0 Å². The number of aliphatic hydroxyl groups is 1. The van der Waals surface area contributed by atoms with Crippen LogP contribution < -0.4 is 0 Å². The summed E-state index contributed by atoms with van der Waals surface area (Å²) in [4.78, 5) is 24.6. The number of benzene rings is 2. The Bertz CT molecular complexity index is 637. The summed E-state index contributed by atoms with van der Waals surface area (Å²) in [5, 5.41) is 10.9. The van der Waals surface area contributed by atoms with E-state index in [9.17, 15) is 14.7 Å². The topological polar surface area (TPSA) is 72.8 Å². The maximum atomic E-state index is 12.3. The van der Waals surface area contributed by atoms with Crippen molar-refractivity contribution in [2.45, 2.75) is 18.9 Å². The zero-order chi connectivity index (χ0) is 18.9. The van der Waals surface area contributed by atoms with Gasteiger partial charge >= 0.3 is 11.9 Å². The molecule has 0 aliphatic carbocycles. The molecule has 2 aromatic rings. The summed E-state index contributed by atoms with van der Waals surface area (Å²) in [6, 6.07) is 18.7. The largest absolute Gasteiger partial charge is 0.469 e. The number of aliphatic hydroxyl groups excluding tert-OH is 1. The van der Waals surface area contributed by atoms with Crippen molar-refractivity contribution >= 4 is 11.9 Å². The number of ether oxygens (including phenoxy) is 2. The summed E-state index contributed by atoms with van der Waals surface area (Å²) in [6.07, 6.45) is -0.677. The molecule has 26 heavy (non-hydrogen) atoms. The summed E-state index contributed by atoms with van der Waals surface area (Å²) in [7, 11) is 2.55. The van der Waals surface area contributed by atoms with E-state index >= 15 is 0 Å². The van der Waals surface area contributed by atoms with Crippen LogP contribution in [-0.4, -0.2) is 37.4 Å². The number of carbonyl (C=O) groups is 2. The molecule has 1 N–H and O–H groups in total. The molecule has 138 valence electrons. The Balaban J connectivity index is 2.27. The molecule has 0 amide bonds. The van der Waals surface area contributed by atoms with Gasteiger partial charge in [-0.1, -0.05) is 60.7 Å². The zero-order valence-electron chi connectivity index (χ0n) is 15.0. The number of rotatable bonds is 8. The van der Waals surface area contributed by atoms with Crippen LogP contribution in [0.5, 0.6) is 0 Å². The molecule has 0 heterocycles. The van der Waals surface area contributed by atoms with E-state index in [-0.39, 0.29) is 12.8 Å². The Morgan fingerprint density at radius 1 is 0.769 bits per heavy atom. The number of hydrogen-bond donors (Lipinski definition) is 1. The van der Waals surface area contributed by atoms with Crippen LogP contribution in [0, 0.1) is 11.8 Å². The predicted molar refractivity (Wildman–Crippen MR) is 97.3 cm³/mol. The van der Waals surface area contributed by atoms with Crippen LogP contribution in [0.4, 0.5) is 0 Å². The molecule has 5 heteroatoms. The van der Waals surface area contributed by atoms with Gasteiger partial charge in [-0.15, -0.1) is 0 Å². The van der Waals surface area contributed by atoms with Crippen LogP contribution >= 0.6 is 0 Å². The molecule has 5 nitrogen and oxygen atoms in total. The first-order valence-electron chi connectivity index (χ1n) is 8.48. The molecule has 0 radical (unpaired) electrons. The molecule has 1 unspecified atom stereocenters. The summed E-state index contributed by atoms with van der Waals surface area (Å²) < 4.78 is 9.74. The van der Waals surface area contributed by atoms with Crippen LogP contribution in [0.3, 0.4) is 0 Å². The lowest BCUT2D eigenvalue weighted by Gasteiger charge is -2.27. The van der Waals surface area contributed by atoms with Crippen molar-refractivity contribution in [3.63, 3.8) is 0 Å². The standard InChI is InChI=1S/C21H24O5/c1-25-20(23)17(13-15-9-5-3-6-10-15)19(22)18(21(24)26-2)14-16-11-7-4-8-12-16/h3-12,17-19,22H,13-14H2,1-2H3/t17-,18+,19?. The second-order valence-electron chi connectivity index (χ2n) is 6.13. The maximum Gasteiger partial charge on any atom is 0.311 e. The van der Waals surface area contributed by atoms with Crippen LogP contribution in [-0.2, 0) is 31.9 Å². The summed E-state index contributed by atoms with van der Waals surface area (Å²) in [5.74, 6) is -2.84. The number of hydrogen-bond acceptors (Lipinski definition) is 5. The van der Waals surface area contributed by atoms with Crippen LogP contribution in [0.15, 0.2) is 60.7 Å². The summed E-state index contributed by atoms with van der Waals surface area (Å²) in [5.41, 5.74) is 1.76. The van der Waals surface area contributed by atoms with Gasteiger partial charge in [-0.05, 0) is 24.0 Å². The van der Waals surface area contributed by atoms with Gasteiger partial charge in [-0.3, -0.25) is 9.59 Å². The smallest absolute Gasteiger partial charge is 0.311 e. The average Bonchev–Trinajstić information content (AvgIpc) is 2.70. The van der Waals surface area contributed by atoms with Gasteiger partial charge in [-0.2, -0.15) is 0 Å². The third-order valence-electron chi connectivity index (χ3n) is 4.43. The number of carbonyl (C=O) groups excluding carboxylic acids is 2. The average molecular weight is 356 g/mol. The van der Waals surface area contributed by atoms with E-state index in [0.29, 0.717) is 0 Å². The molecule has 2 rings (SSSR count). The van der Waals surface area contributed by atoms with Crippen LogP contribution in [0.25, 0.3) is 0 Å². The van der Waals surface area contributed by atoms with Crippen molar-refractivity contribution in [3.8, 4) is 0 Å². The third kappa shape index (κ3) is 5.17. The molecule has 2 aromatic carbocycles. The fraction of sp³-hybridized carbons (Fsp3) is 0.333. The zero-order valence-corrected chi connectivity index (χ0v) is 15.0. The minimum atomic E-state index is -1.23. The van der Waals surface area contributed by atoms with Crippen LogP contribution in [0.1, 0.15) is 11.1 Å². The van der Waals surface area contributed by atoms with E-state index in [4.69, 9.17) is 9.47 Å². The van der Waals surface area contributed by atoms with Gasteiger partial charge in [0.15, 0.2) is 0 Å². The lowest BCUT2D eigenvalue weighted by molar-refractivity contribution is -0.157. The van der Waals surface area contributed by atoms with E-state index < -0.39 is 29.9 Å². The first-order valence-corrected chi connectivity index (χ1v) is 8.48. The number of methoxy groups -OCH3 is 2. The second kappa shape index (κ2) is 9.73. The Morgan fingerprint density at radius 2 is 1.12 bits per heavy atom. The molecule has 0 fully saturated rings. The van der Waals surface area contributed by atoms with Crippen LogP contribution in [0.2, 0.25) is 0 Å². The van der Waals surface area contributed by atoms with Gasteiger partial charge in [0.25, 0.3) is 0 Å². The summed E-state index contributed by atoms with van der Waals surface area (Å²) in [6.45, 7) is 0. The SMILES string of the molecule is COC(=O)[C@@H](Cc1ccccc1)C(O)[C@@H](Cc1ccccc1)C(=O)OC. The molecule has 0 saturated carbocycles. The van der Waals surface area contributed by atoms with Gasteiger partial charge in [0, 0.05) is 0 Å². The number of esters is 2. The lowest BCUT2D eigenvalue weighted by Crippen LogP contribution is -2.41. The molecule has 3 atom stereocenters. The van der Waals surface area contributed by atoms with E-state index in [1.54, 1.807) is 0 Å². The Hall–Kier alpha value is -2.66. The predicted octanol–water partition coefficient (Wildman–Crippen LogP) is 2.41. The molecule has 0 spiro atoms. The van der Waals surface area contributed by atoms with Gasteiger partial charge in [0.05, 0.1) is 32.2 Å². The molecule has 0 aromatic heterocycles. The third-order valence-corrected chi connectivity index (χ3v) is 4.43. The van der Waals surface area contributed by atoms with E-state index in [1.807, 2.05) is 60.7 Å². The van der Waals surface area contributed by atoms with Gasteiger partial charge in [0.2, 0.25) is 0 Å². The molecular formula is C21H24O5. The lowest BCUT2D eigenvalue weighted by atomic mass is 9.83. The van der Waals surface area contributed by atoms with Gasteiger partial charge < -0.3 is 14.6 Å². The normalized spacial score (nSPS) is 14.1. The fourth-order valence-electron chi connectivity index (χ4n) is 3.01. The van der Waals surface area contributed by atoms with Crippen molar-refractivity contribution in [2.75, 3.05) is 14.2 Å². The summed E-state index contributed by atoms with van der Waals surface area (Å²) >= 11 is 0. The molecule has 0 aliphatic heterocycles. The minimum absolute atomic E-state index is 0.275. The van der Waals surface area contributed by atoms with Crippen molar-refractivity contribution in [1.82, 2.24) is 0 Å². The Morgan fingerprint density at radius 3 is 1.42 bits per heavy atom. The maximum absolute atomic E-state index is 12.3. The first-order chi connectivity index (χ1) is 12.6.